The summed E-state index contributed by atoms with van der Waals surface area (Å²) in [6.07, 6.45) is 3.62. The van der Waals surface area contributed by atoms with Crippen LogP contribution in [0.1, 0.15) is 25.0 Å². The van der Waals surface area contributed by atoms with Gasteiger partial charge in [0.15, 0.2) is 0 Å². The molecule has 0 fully saturated rings. The lowest BCUT2D eigenvalue weighted by molar-refractivity contribution is -0.129. The zero-order chi connectivity index (χ0) is 12.7. The summed E-state index contributed by atoms with van der Waals surface area (Å²) < 4.78 is 0. The molecule has 4 heteroatoms. The first kappa shape index (κ1) is 13.6. The Labute approximate surface area is 103 Å². The van der Waals surface area contributed by atoms with Crippen LogP contribution in [0.2, 0.25) is 0 Å². The van der Waals surface area contributed by atoms with E-state index in [0.29, 0.717) is 13.1 Å². The molecule has 1 aromatic heterocycles. The highest BCUT2D eigenvalue weighted by Crippen LogP contribution is 2.03. The maximum Gasteiger partial charge on any atom is 0.236 e. The molecule has 0 saturated carbocycles. The van der Waals surface area contributed by atoms with E-state index in [1.54, 1.807) is 6.20 Å². The van der Waals surface area contributed by atoms with Crippen molar-refractivity contribution in [3.63, 3.8) is 0 Å². The predicted octanol–water partition coefficient (Wildman–Crippen LogP) is 1.35. The molecule has 17 heavy (non-hydrogen) atoms. The minimum Gasteiger partial charge on any atom is -0.342 e. The van der Waals surface area contributed by atoms with E-state index in [9.17, 15) is 4.79 Å². The first-order valence-corrected chi connectivity index (χ1v) is 6.07. The van der Waals surface area contributed by atoms with E-state index < -0.39 is 0 Å². The van der Waals surface area contributed by atoms with Gasteiger partial charge in [-0.25, -0.2) is 0 Å². The van der Waals surface area contributed by atoms with Crippen molar-refractivity contribution in [2.45, 2.75) is 27.3 Å². The highest BCUT2D eigenvalue weighted by atomic mass is 16.2. The van der Waals surface area contributed by atoms with Gasteiger partial charge >= 0.3 is 0 Å². The van der Waals surface area contributed by atoms with Crippen molar-refractivity contribution >= 4 is 5.91 Å². The molecule has 1 heterocycles. The largest absolute Gasteiger partial charge is 0.342 e. The van der Waals surface area contributed by atoms with Crippen LogP contribution >= 0.6 is 0 Å². The molecule has 0 atom stereocenters. The number of pyridine rings is 1. The first-order chi connectivity index (χ1) is 8.19. The van der Waals surface area contributed by atoms with Crippen molar-refractivity contribution in [3.8, 4) is 0 Å². The van der Waals surface area contributed by atoms with Gasteiger partial charge in [0.1, 0.15) is 0 Å². The lowest BCUT2D eigenvalue weighted by Gasteiger charge is -2.18. The fraction of sp³-hybridized carbons (Fsp3) is 0.538. The van der Waals surface area contributed by atoms with E-state index in [4.69, 9.17) is 0 Å². The van der Waals surface area contributed by atoms with Crippen molar-refractivity contribution < 1.29 is 4.79 Å². The Hall–Kier alpha value is -1.42. The van der Waals surface area contributed by atoms with Gasteiger partial charge in [-0.15, -0.1) is 0 Å². The van der Waals surface area contributed by atoms with E-state index in [0.717, 1.165) is 18.7 Å². The summed E-state index contributed by atoms with van der Waals surface area (Å²) in [5.41, 5.74) is 2.34. The Morgan fingerprint density at radius 2 is 2.12 bits per heavy atom. The molecule has 0 aliphatic carbocycles. The minimum atomic E-state index is 0.150. The maximum atomic E-state index is 11.7. The van der Waals surface area contributed by atoms with Crippen LogP contribution in [0.15, 0.2) is 18.5 Å². The van der Waals surface area contributed by atoms with Gasteiger partial charge in [0.05, 0.1) is 6.54 Å². The predicted molar refractivity (Wildman–Crippen MR) is 68.6 cm³/mol. The zero-order valence-corrected chi connectivity index (χ0v) is 10.9. The van der Waals surface area contributed by atoms with Gasteiger partial charge in [-0.3, -0.25) is 9.78 Å². The molecule has 1 amide bonds. The smallest absolute Gasteiger partial charge is 0.236 e. The molecule has 0 radical (unpaired) electrons. The number of hydrogen-bond acceptors (Lipinski definition) is 3. The summed E-state index contributed by atoms with van der Waals surface area (Å²) in [5.74, 6) is 0.150. The number of likely N-dealkylation sites (N-methyl/N-ethyl adjacent to an activating group) is 1. The average molecular weight is 235 g/mol. The zero-order valence-electron chi connectivity index (χ0n) is 10.9. The van der Waals surface area contributed by atoms with E-state index in [2.05, 4.69) is 10.3 Å². The number of carbonyl (C=O) groups is 1. The first-order valence-electron chi connectivity index (χ1n) is 6.07. The maximum absolute atomic E-state index is 11.7. The van der Waals surface area contributed by atoms with Crippen LogP contribution in [0.3, 0.4) is 0 Å². The number of hydrogen-bond donors (Lipinski definition) is 1. The molecular formula is C13H21N3O. The monoisotopic (exact) mass is 235 g/mol. The van der Waals surface area contributed by atoms with Crippen LogP contribution in [-0.2, 0) is 11.3 Å². The van der Waals surface area contributed by atoms with Gasteiger partial charge in [0, 0.05) is 32.0 Å². The second kappa shape index (κ2) is 7.01. The summed E-state index contributed by atoms with van der Waals surface area (Å²) >= 11 is 0. The van der Waals surface area contributed by atoms with E-state index in [-0.39, 0.29) is 5.91 Å². The molecule has 0 spiro atoms. The summed E-state index contributed by atoms with van der Waals surface area (Å²) in [5, 5.41) is 3.16. The Bertz CT molecular complexity index is 361. The molecule has 1 rings (SSSR count). The van der Waals surface area contributed by atoms with E-state index in [1.807, 2.05) is 37.9 Å². The van der Waals surface area contributed by atoms with Crippen molar-refractivity contribution in [1.82, 2.24) is 15.2 Å². The summed E-state index contributed by atoms with van der Waals surface area (Å²) in [7, 11) is 0. The SMILES string of the molecule is CCN(CC)C(=O)CNCc1cnccc1C. The lowest BCUT2D eigenvalue weighted by Crippen LogP contribution is -2.37. The molecule has 0 bridgehead atoms. The molecule has 1 N–H and O–H groups in total. The van der Waals surface area contributed by atoms with Crippen LogP contribution in [0.5, 0.6) is 0 Å². The summed E-state index contributed by atoms with van der Waals surface area (Å²) in [6.45, 7) is 8.64. The van der Waals surface area contributed by atoms with Crippen molar-refractivity contribution in [2.24, 2.45) is 0 Å². The van der Waals surface area contributed by atoms with Gasteiger partial charge in [0.25, 0.3) is 0 Å². The molecule has 1 aromatic rings. The fourth-order valence-corrected chi connectivity index (χ4v) is 1.67. The molecule has 4 nitrogen and oxygen atoms in total. The lowest BCUT2D eigenvalue weighted by atomic mass is 10.1. The number of carbonyl (C=O) groups excluding carboxylic acids is 1. The standard InChI is InChI=1S/C13H21N3O/c1-4-16(5-2)13(17)10-15-9-12-8-14-7-6-11(12)3/h6-8,15H,4-5,9-10H2,1-3H3. The third kappa shape index (κ3) is 4.15. The number of aryl methyl sites for hydroxylation is 1. The third-order valence-corrected chi connectivity index (χ3v) is 2.86. The number of amides is 1. The van der Waals surface area contributed by atoms with Crippen LogP contribution in [0, 0.1) is 6.92 Å². The van der Waals surface area contributed by atoms with Crippen molar-refractivity contribution in [3.05, 3.63) is 29.6 Å². The molecule has 0 aliphatic heterocycles. The Morgan fingerprint density at radius 1 is 1.41 bits per heavy atom. The normalized spacial score (nSPS) is 10.3. The van der Waals surface area contributed by atoms with Crippen LogP contribution < -0.4 is 5.32 Å². The van der Waals surface area contributed by atoms with E-state index in [1.165, 1.54) is 5.56 Å². The fourth-order valence-electron chi connectivity index (χ4n) is 1.67. The average Bonchev–Trinajstić information content (AvgIpc) is 2.33. The Morgan fingerprint density at radius 3 is 2.71 bits per heavy atom. The van der Waals surface area contributed by atoms with Crippen LogP contribution in [0.25, 0.3) is 0 Å². The molecular weight excluding hydrogens is 214 g/mol. The highest BCUT2D eigenvalue weighted by molar-refractivity contribution is 5.78. The van der Waals surface area contributed by atoms with E-state index >= 15 is 0 Å². The van der Waals surface area contributed by atoms with Gasteiger partial charge in [-0.1, -0.05) is 0 Å². The van der Waals surface area contributed by atoms with Crippen LogP contribution in [0.4, 0.5) is 0 Å². The quantitative estimate of drug-likeness (QED) is 0.809. The van der Waals surface area contributed by atoms with Gasteiger partial charge in [0.2, 0.25) is 5.91 Å². The third-order valence-electron chi connectivity index (χ3n) is 2.86. The molecule has 0 saturated heterocycles. The topological polar surface area (TPSA) is 45.2 Å². The molecule has 0 aromatic carbocycles. The second-order valence-electron chi connectivity index (χ2n) is 3.97. The Balaban J connectivity index is 2.38. The summed E-state index contributed by atoms with van der Waals surface area (Å²) in [6, 6.07) is 1.98. The number of nitrogens with one attached hydrogen (secondary N) is 1. The Kier molecular flexibility index (Phi) is 5.63. The van der Waals surface area contributed by atoms with Crippen molar-refractivity contribution in [1.29, 1.82) is 0 Å². The van der Waals surface area contributed by atoms with Gasteiger partial charge in [-0.05, 0) is 38.0 Å². The van der Waals surface area contributed by atoms with Crippen molar-refractivity contribution in [2.75, 3.05) is 19.6 Å². The number of rotatable bonds is 6. The number of nitrogens with zero attached hydrogens (tertiary/aromatic N) is 2. The van der Waals surface area contributed by atoms with Crippen LogP contribution in [-0.4, -0.2) is 35.4 Å². The summed E-state index contributed by atoms with van der Waals surface area (Å²) in [4.78, 5) is 17.6. The molecule has 0 unspecified atom stereocenters. The van der Waals surface area contributed by atoms with Gasteiger partial charge in [-0.2, -0.15) is 0 Å². The number of aromatic nitrogens is 1. The minimum absolute atomic E-state index is 0.150. The molecule has 94 valence electrons. The highest BCUT2D eigenvalue weighted by Gasteiger charge is 2.08. The second-order valence-corrected chi connectivity index (χ2v) is 3.97. The van der Waals surface area contributed by atoms with Gasteiger partial charge < -0.3 is 10.2 Å². The molecule has 0 aliphatic rings.